The van der Waals surface area contributed by atoms with Gasteiger partial charge >= 0.3 is 0 Å². The van der Waals surface area contributed by atoms with Crippen LogP contribution in [0, 0.1) is 0 Å². The molecule has 2 rings (SSSR count). The van der Waals surface area contributed by atoms with Crippen LogP contribution in [0.2, 0.25) is 0 Å². The first-order valence-corrected chi connectivity index (χ1v) is 7.39. The molecule has 0 bridgehead atoms. The Kier molecular flexibility index (Phi) is 5.69. The van der Waals surface area contributed by atoms with Crippen molar-refractivity contribution in [2.24, 2.45) is 0 Å². The van der Waals surface area contributed by atoms with E-state index < -0.39 is 0 Å². The van der Waals surface area contributed by atoms with Gasteiger partial charge < -0.3 is 10.2 Å². The minimum Gasteiger partial charge on any atom is -0.313 e. The number of nitrogens with one attached hydrogen (secondary N) is 1. The molecule has 1 saturated heterocycles. The molecule has 1 aliphatic heterocycles. The van der Waals surface area contributed by atoms with E-state index >= 15 is 0 Å². The van der Waals surface area contributed by atoms with E-state index in [1.165, 1.54) is 50.0 Å². The van der Waals surface area contributed by atoms with Crippen molar-refractivity contribution in [2.75, 3.05) is 26.2 Å². The van der Waals surface area contributed by atoms with Crippen LogP contribution < -0.4 is 5.32 Å². The maximum atomic E-state index is 3.54. The number of likely N-dealkylation sites (tertiary alicyclic amines) is 1. The Hall–Kier alpha value is -0.860. The van der Waals surface area contributed by atoms with Crippen molar-refractivity contribution in [1.82, 2.24) is 10.2 Å². The summed E-state index contributed by atoms with van der Waals surface area (Å²) in [6.45, 7) is 8.24. The van der Waals surface area contributed by atoms with E-state index in [1.807, 2.05) is 0 Å². The van der Waals surface area contributed by atoms with Crippen molar-refractivity contribution in [2.45, 2.75) is 39.2 Å². The molecule has 18 heavy (non-hydrogen) atoms. The molecule has 1 aromatic rings. The third-order valence-electron chi connectivity index (χ3n) is 3.79. The monoisotopic (exact) mass is 246 g/mol. The van der Waals surface area contributed by atoms with Crippen LogP contribution in [0.25, 0.3) is 0 Å². The van der Waals surface area contributed by atoms with Crippen molar-refractivity contribution in [3.05, 3.63) is 35.4 Å². The number of aryl methyl sites for hydroxylation is 1. The Morgan fingerprint density at radius 3 is 2.39 bits per heavy atom. The van der Waals surface area contributed by atoms with Crippen LogP contribution in [0.1, 0.15) is 37.3 Å². The Labute approximate surface area is 111 Å². The van der Waals surface area contributed by atoms with Crippen molar-refractivity contribution in [3.63, 3.8) is 0 Å². The molecule has 0 unspecified atom stereocenters. The normalized spacial score (nSPS) is 16.3. The van der Waals surface area contributed by atoms with E-state index in [1.54, 1.807) is 0 Å². The second kappa shape index (κ2) is 7.55. The molecule has 2 heteroatoms. The van der Waals surface area contributed by atoms with Gasteiger partial charge in [0.25, 0.3) is 0 Å². The second-order valence-electron chi connectivity index (χ2n) is 5.25. The Bertz CT molecular complexity index is 325. The molecule has 0 saturated carbocycles. The van der Waals surface area contributed by atoms with Crippen molar-refractivity contribution in [3.8, 4) is 0 Å². The van der Waals surface area contributed by atoms with Gasteiger partial charge in [-0.05, 0) is 63.0 Å². The fourth-order valence-electron chi connectivity index (χ4n) is 2.56. The van der Waals surface area contributed by atoms with Gasteiger partial charge in [-0.25, -0.2) is 0 Å². The maximum Gasteiger partial charge on any atom is 0.0205 e. The lowest BCUT2D eigenvalue weighted by Crippen LogP contribution is -2.24. The summed E-state index contributed by atoms with van der Waals surface area (Å²) >= 11 is 0. The van der Waals surface area contributed by atoms with Crippen LogP contribution in [-0.4, -0.2) is 31.1 Å². The summed E-state index contributed by atoms with van der Waals surface area (Å²) < 4.78 is 0. The smallest absolute Gasteiger partial charge is 0.0205 e. The summed E-state index contributed by atoms with van der Waals surface area (Å²) in [7, 11) is 0. The van der Waals surface area contributed by atoms with Gasteiger partial charge in [-0.2, -0.15) is 0 Å². The predicted octanol–water partition coefficient (Wildman–Crippen LogP) is 2.82. The Balaban J connectivity index is 1.56. The van der Waals surface area contributed by atoms with Crippen LogP contribution in [0.15, 0.2) is 24.3 Å². The minimum absolute atomic E-state index is 1.00. The highest BCUT2D eigenvalue weighted by atomic mass is 15.1. The highest BCUT2D eigenvalue weighted by Crippen LogP contribution is 2.07. The molecular formula is C16H26N2. The fourth-order valence-corrected chi connectivity index (χ4v) is 2.56. The van der Waals surface area contributed by atoms with E-state index in [4.69, 9.17) is 0 Å². The fraction of sp³-hybridized carbons (Fsp3) is 0.625. The first-order chi connectivity index (χ1) is 8.88. The average molecular weight is 246 g/mol. The average Bonchev–Trinajstić information content (AvgIpc) is 2.92. The van der Waals surface area contributed by atoms with Gasteiger partial charge in [0.2, 0.25) is 0 Å². The molecule has 0 atom stereocenters. The quantitative estimate of drug-likeness (QED) is 0.744. The molecule has 1 fully saturated rings. The first-order valence-electron chi connectivity index (χ1n) is 7.39. The van der Waals surface area contributed by atoms with E-state index in [9.17, 15) is 0 Å². The molecule has 0 aliphatic carbocycles. The summed E-state index contributed by atoms with van der Waals surface area (Å²) in [5.41, 5.74) is 2.82. The summed E-state index contributed by atoms with van der Waals surface area (Å²) in [6.07, 6.45) is 5.20. The van der Waals surface area contributed by atoms with Gasteiger partial charge in [-0.3, -0.25) is 0 Å². The van der Waals surface area contributed by atoms with Gasteiger partial charge in [0, 0.05) is 6.54 Å². The van der Waals surface area contributed by atoms with Crippen molar-refractivity contribution >= 4 is 0 Å². The molecular weight excluding hydrogens is 220 g/mol. The van der Waals surface area contributed by atoms with Crippen LogP contribution in [0.5, 0.6) is 0 Å². The molecule has 0 spiro atoms. The lowest BCUT2D eigenvalue weighted by molar-refractivity contribution is 0.331. The number of benzene rings is 1. The highest BCUT2D eigenvalue weighted by Gasteiger charge is 2.09. The van der Waals surface area contributed by atoms with Gasteiger partial charge in [-0.1, -0.05) is 31.2 Å². The molecule has 100 valence electrons. The second-order valence-corrected chi connectivity index (χ2v) is 5.25. The predicted molar refractivity (Wildman–Crippen MR) is 77.8 cm³/mol. The van der Waals surface area contributed by atoms with E-state index in [2.05, 4.69) is 41.4 Å². The molecule has 2 nitrogen and oxygen atoms in total. The van der Waals surface area contributed by atoms with E-state index in [0.29, 0.717) is 0 Å². The first kappa shape index (κ1) is 13.6. The molecule has 1 heterocycles. The van der Waals surface area contributed by atoms with Gasteiger partial charge in [0.15, 0.2) is 0 Å². The summed E-state index contributed by atoms with van der Waals surface area (Å²) in [4.78, 5) is 2.58. The zero-order valence-corrected chi connectivity index (χ0v) is 11.6. The van der Waals surface area contributed by atoms with Crippen molar-refractivity contribution < 1.29 is 0 Å². The van der Waals surface area contributed by atoms with Crippen LogP contribution in [0.4, 0.5) is 0 Å². The standard InChI is InChI=1S/C16H26N2/c1-2-15-6-8-16(9-7-15)14-17-10-5-13-18-11-3-4-12-18/h6-9,17H,2-5,10-14H2,1H3. The summed E-state index contributed by atoms with van der Waals surface area (Å²) in [5.74, 6) is 0. The lowest BCUT2D eigenvalue weighted by Gasteiger charge is -2.14. The minimum atomic E-state index is 1.00. The molecule has 0 amide bonds. The number of hydrogen-bond acceptors (Lipinski definition) is 2. The third-order valence-corrected chi connectivity index (χ3v) is 3.79. The summed E-state index contributed by atoms with van der Waals surface area (Å²) in [5, 5.41) is 3.54. The van der Waals surface area contributed by atoms with Gasteiger partial charge in [0.1, 0.15) is 0 Å². The van der Waals surface area contributed by atoms with Gasteiger partial charge in [-0.15, -0.1) is 0 Å². The van der Waals surface area contributed by atoms with E-state index in [0.717, 1.165) is 19.5 Å². The Morgan fingerprint density at radius 1 is 1.06 bits per heavy atom. The maximum absolute atomic E-state index is 3.54. The van der Waals surface area contributed by atoms with Crippen molar-refractivity contribution in [1.29, 1.82) is 0 Å². The lowest BCUT2D eigenvalue weighted by atomic mass is 10.1. The zero-order chi connectivity index (χ0) is 12.6. The number of hydrogen-bond donors (Lipinski definition) is 1. The van der Waals surface area contributed by atoms with Crippen LogP contribution >= 0.6 is 0 Å². The molecule has 0 aromatic heterocycles. The largest absolute Gasteiger partial charge is 0.313 e. The molecule has 1 aliphatic rings. The Morgan fingerprint density at radius 2 is 1.72 bits per heavy atom. The number of nitrogens with zero attached hydrogens (tertiary/aromatic N) is 1. The SMILES string of the molecule is CCc1ccc(CNCCCN2CCCC2)cc1. The molecule has 0 radical (unpaired) electrons. The van der Waals surface area contributed by atoms with Crippen LogP contribution in [-0.2, 0) is 13.0 Å². The third kappa shape index (κ3) is 4.43. The zero-order valence-electron chi connectivity index (χ0n) is 11.6. The highest BCUT2D eigenvalue weighted by molar-refractivity contribution is 5.22. The summed E-state index contributed by atoms with van der Waals surface area (Å²) in [6, 6.07) is 8.96. The van der Waals surface area contributed by atoms with Gasteiger partial charge in [0.05, 0.1) is 0 Å². The number of rotatable bonds is 7. The topological polar surface area (TPSA) is 15.3 Å². The molecule has 1 aromatic carbocycles. The molecule has 1 N–H and O–H groups in total. The van der Waals surface area contributed by atoms with E-state index in [-0.39, 0.29) is 0 Å². The van der Waals surface area contributed by atoms with Crippen LogP contribution in [0.3, 0.4) is 0 Å².